The summed E-state index contributed by atoms with van der Waals surface area (Å²) < 4.78 is 0.638. The van der Waals surface area contributed by atoms with Crippen LogP contribution in [0.2, 0.25) is 0 Å². The molecule has 7 heteroatoms. The minimum absolute atomic E-state index is 0.0824. The first kappa shape index (κ1) is 21.6. The molecular formula is C24H30N4O2S. The van der Waals surface area contributed by atoms with Crippen LogP contribution in [0.1, 0.15) is 38.7 Å². The highest BCUT2D eigenvalue weighted by Gasteiger charge is 2.27. The fourth-order valence-corrected chi connectivity index (χ4v) is 4.92. The molecule has 6 nitrogen and oxygen atoms in total. The number of aryl methyl sites for hydroxylation is 1. The van der Waals surface area contributed by atoms with Gasteiger partial charge in [-0.2, -0.15) is 0 Å². The Bertz CT molecular complexity index is 1120. The van der Waals surface area contributed by atoms with Gasteiger partial charge < -0.3 is 10.2 Å². The smallest absolute Gasteiger partial charge is 0.270 e. The summed E-state index contributed by atoms with van der Waals surface area (Å²) in [6.07, 6.45) is 2.75. The summed E-state index contributed by atoms with van der Waals surface area (Å²) in [4.78, 5) is 35.2. The van der Waals surface area contributed by atoms with Gasteiger partial charge in [0.1, 0.15) is 4.70 Å². The number of benzene rings is 1. The van der Waals surface area contributed by atoms with Crippen molar-refractivity contribution in [3.05, 3.63) is 45.6 Å². The van der Waals surface area contributed by atoms with Crippen molar-refractivity contribution in [2.75, 3.05) is 24.5 Å². The van der Waals surface area contributed by atoms with Crippen molar-refractivity contribution < 1.29 is 4.79 Å². The number of hydrogen-bond donors (Lipinski definition) is 2. The summed E-state index contributed by atoms with van der Waals surface area (Å²) in [5, 5.41) is 5.07. The monoisotopic (exact) mass is 438 g/mol. The van der Waals surface area contributed by atoms with E-state index in [4.69, 9.17) is 4.98 Å². The molecule has 0 spiro atoms. The molecule has 164 valence electrons. The molecule has 0 aliphatic carbocycles. The number of fused-ring (bicyclic) bond motifs is 1. The number of carbonyl (C=O) groups excluding carboxylic acids is 1. The van der Waals surface area contributed by atoms with Crippen LogP contribution < -0.4 is 15.8 Å². The second-order valence-corrected chi connectivity index (χ2v) is 9.72. The zero-order valence-electron chi connectivity index (χ0n) is 18.4. The standard InChI is InChI=1S/C24H30N4O2S/c1-15(2)10-11-25-22(29)18-5-4-12-28(13-18)24-26-20-19(14-31-21(20)23(30)27-24)17-8-6-16(3)7-9-17/h6-9,14-15,18H,4-5,10-13H2,1-3H3,(H,25,29)(H,26,27,30)/t18-/m0/s1. The molecule has 4 rings (SSSR count). The molecule has 3 heterocycles. The van der Waals surface area contributed by atoms with Crippen molar-refractivity contribution in [1.82, 2.24) is 15.3 Å². The van der Waals surface area contributed by atoms with Gasteiger partial charge in [-0.25, -0.2) is 4.98 Å². The van der Waals surface area contributed by atoms with Gasteiger partial charge in [0.05, 0.1) is 11.4 Å². The number of piperidine rings is 1. The number of nitrogens with one attached hydrogen (secondary N) is 2. The Morgan fingerprint density at radius 1 is 1.32 bits per heavy atom. The number of nitrogens with zero attached hydrogens (tertiary/aromatic N) is 2. The van der Waals surface area contributed by atoms with Crippen LogP contribution >= 0.6 is 11.3 Å². The first-order valence-corrected chi connectivity index (χ1v) is 11.9. The van der Waals surface area contributed by atoms with Crippen molar-refractivity contribution in [2.24, 2.45) is 11.8 Å². The number of hydrogen-bond acceptors (Lipinski definition) is 5. The first-order valence-electron chi connectivity index (χ1n) is 11.0. The zero-order valence-corrected chi connectivity index (χ0v) is 19.2. The molecular weight excluding hydrogens is 408 g/mol. The summed E-state index contributed by atoms with van der Waals surface area (Å²) in [6, 6.07) is 8.27. The molecule has 31 heavy (non-hydrogen) atoms. The molecule has 3 aromatic rings. The Hall–Kier alpha value is -2.67. The molecule has 0 saturated carbocycles. The Balaban J connectivity index is 1.57. The number of aromatic amines is 1. The maximum Gasteiger partial charge on any atom is 0.270 e. The van der Waals surface area contributed by atoms with Gasteiger partial charge in [0, 0.05) is 30.6 Å². The summed E-state index contributed by atoms with van der Waals surface area (Å²) in [5.41, 5.74) is 3.85. The quantitative estimate of drug-likeness (QED) is 0.600. The summed E-state index contributed by atoms with van der Waals surface area (Å²) >= 11 is 1.42. The van der Waals surface area contributed by atoms with Gasteiger partial charge in [0.2, 0.25) is 11.9 Å². The van der Waals surface area contributed by atoms with Crippen LogP contribution in [0.3, 0.4) is 0 Å². The second-order valence-electron chi connectivity index (χ2n) is 8.84. The average molecular weight is 439 g/mol. The van der Waals surface area contributed by atoms with Crippen LogP contribution in [-0.4, -0.2) is 35.5 Å². The fourth-order valence-electron chi connectivity index (χ4n) is 4.02. The summed E-state index contributed by atoms with van der Waals surface area (Å²) in [7, 11) is 0. The molecule has 1 fully saturated rings. The van der Waals surface area contributed by atoms with Gasteiger partial charge in [-0.05, 0) is 37.7 Å². The molecule has 1 aliphatic heterocycles. The van der Waals surface area contributed by atoms with Crippen molar-refractivity contribution in [1.29, 1.82) is 0 Å². The van der Waals surface area contributed by atoms with Crippen LogP contribution in [-0.2, 0) is 4.79 Å². The maximum atomic E-state index is 12.8. The van der Waals surface area contributed by atoms with E-state index in [-0.39, 0.29) is 17.4 Å². The van der Waals surface area contributed by atoms with Gasteiger partial charge in [-0.1, -0.05) is 43.7 Å². The van der Waals surface area contributed by atoms with Crippen molar-refractivity contribution >= 4 is 33.4 Å². The third-order valence-corrected chi connectivity index (χ3v) is 6.86. The number of aromatic nitrogens is 2. The Labute approximate surface area is 186 Å². The highest BCUT2D eigenvalue weighted by atomic mass is 32.1. The van der Waals surface area contributed by atoms with E-state index in [0.29, 0.717) is 29.7 Å². The minimum atomic E-state index is -0.119. The van der Waals surface area contributed by atoms with Crippen LogP contribution in [0, 0.1) is 18.8 Å². The molecule has 1 saturated heterocycles. The number of carbonyl (C=O) groups is 1. The highest BCUT2D eigenvalue weighted by molar-refractivity contribution is 7.17. The highest BCUT2D eigenvalue weighted by Crippen LogP contribution is 2.32. The number of rotatable bonds is 6. The second kappa shape index (κ2) is 9.22. The fraction of sp³-hybridized carbons (Fsp3) is 0.458. The molecule has 0 bridgehead atoms. The van der Waals surface area contributed by atoms with E-state index in [1.807, 2.05) is 10.3 Å². The van der Waals surface area contributed by atoms with E-state index in [1.54, 1.807) is 0 Å². The minimum Gasteiger partial charge on any atom is -0.356 e. The normalized spacial score (nSPS) is 16.8. The number of thiophene rings is 1. The molecule has 0 radical (unpaired) electrons. The SMILES string of the molecule is Cc1ccc(-c2csc3c(=O)[nH]c(N4CCC[C@H](C(=O)NCCC(C)C)C4)nc23)cc1. The molecule has 1 aliphatic rings. The lowest BCUT2D eigenvalue weighted by Crippen LogP contribution is -2.44. The molecule has 1 atom stereocenters. The van der Waals surface area contributed by atoms with Crippen molar-refractivity contribution in [2.45, 2.75) is 40.0 Å². The van der Waals surface area contributed by atoms with Crippen LogP contribution in [0.15, 0.2) is 34.4 Å². The van der Waals surface area contributed by atoms with Crippen LogP contribution in [0.25, 0.3) is 21.3 Å². The van der Waals surface area contributed by atoms with E-state index in [1.165, 1.54) is 16.9 Å². The Morgan fingerprint density at radius 3 is 2.84 bits per heavy atom. The molecule has 2 N–H and O–H groups in total. The molecule has 2 aromatic heterocycles. The van der Waals surface area contributed by atoms with Gasteiger partial charge in [0.25, 0.3) is 5.56 Å². The van der Waals surface area contributed by atoms with Crippen LogP contribution in [0.4, 0.5) is 5.95 Å². The predicted octanol–water partition coefficient (Wildman–Crippen LogP) is 4.34. The predicted molar refractivity (Wildman–Crippen MR) is 128 cm³/mol. The van der Waals surface area contributed by atoms with Crippen molar-refractivity contribution in [3.63, 3.8) is 0 Å². The lowest BCUT2D eigenvalue weighted by Gasteiger charge is -2.32. The largest absolute Gasteiger partial charge is 0.356 e. The first-order chi connectivity index (χ1) is 14.9. The van der Waals surface area contributed by atoms with E-state index in [0.717, 1.165) is 42.5 Å². The third-order valence-electron chi connectivity index (χ3n) is 5.89. The van der Waals surface area contributed by atoms with E-state index >= 15 is 0 Å². The number of anilines is 1. The summed E-state index contributed by atoms with van der Waals surface area (Å²) in [5.74, 6) is 1.15. The van der Waals surface area contributed by atoms with Gasteiger partial charge in [-0.3, -0.25) is 14.6 Å². The molecule has 1 amide bonds. The number of amides is 1. The van der Waals surface area contributed by atoms with Gasteiger partial charge in [0.15, 0.2) is 0 Å². The van der Waals surface area contributed by atoms with Crippen LogP contribution in [0.5, 0.6) is 0 Å². The lowest BCUT2D eigenvalue weighted by molar-refractivity contribution is -0.125. The average Bonchev–Trinajstić information content (AvgIpc) is 3.19. The Kier molecular flexibility index (Phi) is 6.41. The van der Waals surface area contributed by atoms with E-state index in [9.17, 15) is 9.59 Å². The third kappa shape index (κ3) is 4.82. The van der Waals surface area contributed by atoms with Gasteiger partial charge >= 0.3 is 0 Å². The Morgan fingerprint density at radius 2 is 2.10 bits per heavy atom. The maximum absolute atomic E-state index is 12.8. The lowest BCUT2D eigenvalue weighted by atomic mass is 9.97. The topological polar surface area (TPSA) is 78.1 Å². The summed E-state index contributed by atoms with van der Waals surface area (Å²) in [6.45, 7) is 8.44. The van der Waals surface area contributed by atoms with Gasteiger partial charge in [-0.15, -0.1) is 11.3 Å². The molecule has 1 aromatic carbocycles. The van der Waals surface area contributed by atoms with E-state index in [2.05, 4.69) is 55.3 Å². The molecule has 0 unspecified atom stereocenters. The number of H-pyrrole nitrogens is 1. The van der Waals surface area contributed by atoms with E-state index < -0.39 is 0 Å². The van der Waals surface area contributed by atoms with Crippen molar-refractivity contribution in [3.8, 4) is 11.1 Å². The zero-order chi connectivity index (χ0) is 22.0.